The molecule has 1 aromatic heterocycles. The lowest BCUT2D eigenvalue weighted by atomic mass is 9.91. The highest BCUT2D eigenvalue weighted by molar-refractivity contribution is 5.79. The van der Waals surface area contributed by atoms with Gasteiger partial charge in [0.25, 0.3) is 0 Å². The number of hydrogen-bond donors (Lipinski definition) is 2. The minimum absolute atomic E-state index is 0.694. The van der Waals surface area contributed by atoms with Crippen molar-refractivity contribution in [1.29, 1.82) is 0 Å². The van der Waals surface area contributed by atoms with Crippen LogP contribution in [0.2, 0.25) is 0 Å². The second-order valence-corrected chi connectivity index (χ2v) is 4.79. The number of pyridine rings is 1. The molecule has 0 aliphatic rings. The standard InChI is InChI=1S/C15H20N2O/c1-3-16-10-8-15(2,18)13-7-6-12-5-4-9-17-14(12)11-13/h4-7,9,11,16,18H,3,8,10H2,1-2H3. The Kier molecular flexibility index (Phi) is 3.94. The molecule has 96 valence electrons. The van der Waals surface area contributed by atoms with Gasteiger partial charge in [0, 0.05) is 11.6 Å². The van der Waals surface area contributed by atoms with Crippen molar-refractivity contribution in [3.05, 3.63) is 42.1 Å². The summed E-state index contributed by atoms with van der Waals surface area (Å²) in [4.78, 5) is 4.33. The molecule has 0 saturated carbocycles. The number of rotatable bonds is 5. The minimum Gasteiger partial charge on any atom is -0.385 e. The van der Waals surface area contributed by atoms with Crippen LogP contribution < -0.4 is 5.32 Å². The number of hydrogen-bond acceptors (Lipinski definition) is 3. The SMILES string of the molecule is CCNCCC(C)(O)c1ccc2cccnc2c1. The molecule has 0 aliphatic carbocycles. The van der Waals surface area contributed by atoms with E-state index in [0.717, 1.165) is 29.6 Å². The van der Waals surface area contributed by atoms with Gasteiger partial charge in [-0.25, -0.2) is 0 Å². The average molecular weight is 244 g/mol. The summed E-state index contributed by atoms with van der Waals surface area (Å²) in [6.07, 6.45) is 2.47. The number of nitrogens with zero attached hydrogens (tertiary/aromatic N) is 1. The second kappa shape index (κ2) is 5.46. The van der Waals surface area contributed by atoms with Gasteiger partial charge in [0.2, 0.25) is 0 Å². The van der Waals surface area contributed by atoms with Gasteiger partial charge >= 0.3 is 0 Å². The van der Waals surface area contributed by atoms with Gasteiger partial charge in [-0.05, 0) is 44.1 Å². The summed E-state index contributed by atoms with van der Waals surface area (Å²) in [6.45, 7) is 5.65. The first-order valence-corrected chi connectivity index (χ1v) is 6.42. The summed E-state index contributed by atoms with van der Waals surface area (Å²) in [5, 5.41) is 14.8. The van der Waals surface area contributed by atoms with Crippen LogP contribution in [0.25, 0.3) is 10.9 Å². The zero-order valence-corrected chi connectivity index (χ0v) is 11.0. The van der Waals surface area contributed by atoms with Gasteiger partial charge in [-0.3, -0.25) is 4.98 Å². The highest BCUT2D eigenvalue weighted by Gasteiger charge is 2.22. The van der Waals surface area contributed by atoms with E-state index in [-0.39, 0.29) is 0 Å². The van der Waals surface area contributed by atoms with E-state index in [1.165, 1.54) is 0 Å². The normalized spacial score (nSPS) is 14.6. The lowest BCUT2D eigenvalue weighted by molar-refractivity contribution is 0.0483. The maximum absolute atomic E-state index is 10.5. The van der Waals surface area contributed by atoms with Crippen LogP contribution in [0.4, 0.5) is 0 Å². The van der Waals surface area contributed by atoms with Crippen LogP contribution in [0.5, 0.6) is 0 Å². The summed E-state index contributed by atoms with van der Waals surface area (Å²) in [7, 11) is 0. The van der Waals surface area contributed by atoms with Crippen molar-refractivity contribution in [3.8, 4) is 0 Å². The summed E-state index contributed by atoms with van der Waals surface area (Å²) in [5.41, 5.74) is 1.04. The second-order valence-electron chi connectivity index (χ2n) is 4.79. The van der Waals surface area contributed by atoms with Crippen LogP contribution in [0.15, 0.2) is 36.5 Å². The monoisotopic (exact) mass is 244 g/mol. The van der Waals surface area contributed by atoms with E-state index in [9.17, 15) is 5.11 Å². The highest BCUT2D eigenvalue weighted by Crippen LogP contribution is 2.26. The number of nitrogens with one attached hydrogen (secondary N) is 1. The van der Waals surface area contributed by atoms with E-state index in [1.54, 1.807) is 6.20 Å². The fourth-order valence-electron chi connectivity index (χ4n) is 2.05. The molecule has 0 bridgehead atoms. The third-order valence-corrected chi connectivity index (χ3v) is 3.27. The predicted molar refractivity (Wildman–Crippen MR) is 74.5 cm³/mol. The van der Waals surface area contributed by atoms with Gasteiger partial charge in [-0.2, -0.15) is 0 Å². The maximum atomic E-state index is 10.5. The Bertz CT molecular complexity index is 523. The molecule has 0 amide bonds. The zero-order valence-electron chi connectivity index (χ0n) is 11.0. The fraction of sp³-hybridized carbons (Fsp3) is 0.400. The smallest absolute Gasteiger partial charge is 0.0881 e. The van der Waals surface area contributed by atoms with Crippen molar-refractivity contribution < 1.29 is 5.11 Å². The van der Waals surface area contributed by atoms with Gasteiger partial charge in [0.1, 0.15) is 0 Å². The molecule has 1 aromatic carbocycles. The first-order valence-electron chi connectivity index (χ1n) is 6.42. The molecule has 2 rings (SSSR count). The molecule has 1 heterocycles. The molecule has 3 heteroatoms. The quantitative estimate of drug-likeness (QED) is 0.794. The first-order chi connectivity index (χ1) is 8.63. The molecule has 0 fully saturated rings. The van der Waals surface area contributed by atoms with Crippen LogP contribution in [-0.4, -0.2) is 23.2 Å². The third kappa shape index (κ3) is 2.86. The molecule has 0 spiro atoms. The van der Waals surface area contributed by atoms with E-state index in [0.29, 0.717) is 6.42 Å². The van der Waals surface area contributed by atoms with Crippen LogP contribution in [0, 0.1) is 0 Å². The Morgan fingerprint density at radius 3 is 2.94 bits per heavy atom. The number of aliphatic hydroxyl groups is 1. The highest BCUT2D eigenvalue weighted by atomic mass is 16.3. The van der Waals surface area contributed by atoms with Gasteiger partial charge in [-0.15, -0.1) is 0 Å². The summed E-state index contributed by atoms with van der Waals surface area (Å²) >= 11 is 0. The van der Waals surface area contributed by atoms with Crippen molar-refractivity contribution in [3.63, 3.8) is 0 Å². The van der Waals surface area contributed by atoms with E-state index in [1.807, 2.05) is 37.3 Å². The Labute approximate surface area is 108 Å². The molecule has 1 atom stereocenters. The van der Waals surface area contributed by atoms with Crippen LogP contribution in [-0.2, 0) is 5.60 Å². The maximum Gasteiger partial charge on any atom is 0.0881 e. The van der Waals surface area contributed by atoms with E-state index in [2.05, 4.69) is 17.2 Å². The Morgan fingerprint density at radius 1 is 1.33 bits per heavy atom. The Hall–Kier alpha value is -1.45. The largest absolute Gasteiger partial charge is 0.385 e. The molecule has 0 radical (unpaired) electrons. The Balaban J connectivity index is 2.23. The van der Waals surface area contributed by atoms with Gasteiger partial charge in [0.15, 0.2) is 0 Å². The number of benzene rings is 1. The molecular formula is C15H20N2O. The van der Waals surface area contributed by atoms with Crippen molar-refractivity contribution >= 4 is 10.9 Å². The first kappa shape index (κ1) is 13.0. The van der Waals surface area contributed by atoms with E-state index < -0.39 is 5.60 Å². The van der Waals surface area contributed by atoms with Crippen molar-refractivity contribution in [2.45, 2.75) is 25.9 Å². The van der Waals surface area contributed by atoms with Crippen molar-refractivity contribution in [2.75, 3.05) is 13.1 Å². The average Bonchev–Trinajstić information content (AvgIpc) is 2.38. The predicted octanol–water partition coefficient (Wildman–Crippen LogP) is 2.44. The number of aromatic nitrogens is 1. The third-order valence-electron chi connectivity index (χ3n) is 3.27. The van der Waals surface area contributed by atoms with Gasteiger partial charge in [-0.1, -0.05) is 25.1 Å². The lowest BCUT2D eigenvalue weighted by Crippen LogP contribution is -2.27. The van der Waals surface area contributed by atoms with Gasteiger partial charge < -0.3 is 10.4 Å². The van der Waals surface area contributed by atoms with E-state index >= 15 is 0 Å². The molecule has 18 heavy (non-hydrogen) atoms. The van der Waals surface area contributed by atoms with Gasteiger partial charge in [0.05, 0.1) is 11.1 Å². The van der Waals surface area contributed by atoms with Crippen LogP contribution in [0.3, 0.4) is 0 Å². The topological polar surface area (TPSA) is 45.1 Å². The molecule has 2 N–H and O–H groups in total. The summed E-state index contributed by atoms with van der Waals surface area (Å²) < 4.78 is 0. The molecule has 3 nitrogen and oxygen atoms in total. The molecule has 0 aliphatic heterocycles. The van der Waals surface area contributed by atoms with Crippen molar-refractivity contribution in [1.82, 2.24) is 10.3 Å². The Morgan fingerprint density at radius 2 is 2.17 bits per heavy atom. The van der Waals surface area contributed by atoms with E-state index in [4.69, 9.17) is 0 Å². The minimum atomic E-state index is -0.812. The lowest BCUT2D eigenvalue weighted by Gasteiger charge is -2.24. The summed E-state index contributed by atoms with van der Waals surface area (Å²) in [6, 6.07) is 9.92. The van der Waals surface area contributed by atoms with Crippen molar-refractivity contribution in [2.24, 2.45) is 0 Å². The fourth-order valence-corrected chi connectivity index (χ4v) is 2.05. The zero-order chi connectivity index (χ0) is 13.0. The van der Waals surface area contributed by atoms with Crippen LogP contribution >= 0.6 is 0 Å². The molecule has 2 aromatic rings. The summed E-state index contributed by atoms with van der Waals surface area (Å²) in [5.74, 6) is 0. The molecule has 1 unspecified atom stereocenters. The number of fused-ring (bicyclic) bond motifs is 1. The molecular weight excluding hydrogens is 224 g/mol. The molecule has 0 saturated heterocycles. The van der Waals surface area contributed by atoms with Crippen LogP contribution in [0.1, 0.15) is 25.8 Å².